The number of hydrogen-bond acceptors (Lipinski definition) is 3. The quantitative estimate of drug-likeness (QED) is 0.681. The van der Waals surface area contributed by atoms with Gasteiger partial charge in [0.05, 0.1) is 18.2 Å². The monoisotopic (exact) mass is 244 g/mol. The van der Waals surface area contributed by atoms with Gasteiger partial charge in [-0.2, -0.15) is 0 Å². The maximum Gasteiger partial charge on any atom is 0.240 e. The maximum absolute atomic E-state index is 12.1. The molecule has 0 spiro atoms. The highest BCUT2D eigenvalue weighted by atomic mass is 16.5. The third-order valence-electron chi connectivity index (χ3n) is 2.81. The van der Waals surface area contributed by atoms with Crippen molar-refractivity contribution in [2.45, 2.75) is 53.1 Å². The average molecular weight is 244 g/mol. The van der Waals surface area contributed by atoms with Crippen molar-refractivity contribution >= 4 is 5.91 Å². The van der Waals surface area contributed by atoms with E-state index >= 15 is 0 Å². The second kappa shape index (κ2) is 7.67. The van der Waals surface area contributed by atoms with Crippen molar-refractivity contribution in [3.05, 3.63) is 0 Å². The summed E-state index contributed by atoms with van der Waals surface area (Å²) in [6.07, 6.45) is 0. The lowest BCUT2D eigenvalue weighted by atomic mass is 10.0. The van der Waals surface area contributed by atoms with Crippen molar-refractivity contribution in [1.29, 1.82) is 0 Å². The maximum atomic E-state index is 12.1. The lowest BCUT2D eigenvalue weighted by Gasteiger charge is -2.29. The molecule has 4 heteroatoms. The van der Waals surface area contributed by atoms with Crippen molar-refractivity contribution in [3.63, 3.8) is 0 Å². The van der Waals surface area contributed by atoms with Crippen LogP contribution in [0.1, 0.15) is 41.5 Å². The van der Waals surface area contributed by atoms with Crippen LogP contribution in [0.3, 0.4) is 0 Å². The molecule has 4 nitrogen and oxygen atoms in total. The van der Waals surface area contributed by atoms with Crippen LogP contribution in [0.25, 0.3) is 0 Å². The van der Waals surface area contributed by atoms with Crippen LogP contribution in [0.4, 0.5) is 0 Å². The van der Waals surface area contributed by atoms with Crippen LogP contribution >= 0.6 is 0 Å². The molecule has 1 atom stereocenters. The van der Waals surface area contributed by atoms with E-state index in [1.165, 1.54) is 0 Å². The van der Waals surface area contributed by atoms with Crippen molar-refractivity contribution in [1.82, 2.24) is 10.6 Å². The molecule has 0 rings (SSSR count). The molecule has 0 fully saturated rings. The van der Waals surface area contributed by atoms with E-state index in [1.54, 1.807) is 0 Å². The minimum absolute atomic E-state index is 0.0257. The average Bonchev–Trinajstić information content (AvgIpc) is 2.23. The minimum atomic E-state index is -0.534. The molecule has 0 aromatic heterocycles. The lowest BCUT2D eigenvalue weighted by Crippen LogP contribution is -2.56. The van der Waals surface area contributed by atoms with E-state index in [2.05, 4.69) is 24.5 Å². The molecule has 0 aromatic rings. The van der Waals surface area contributed by atoms with Crippen molar-refractivity contribution < 1.29 is 9.53 Å². The summed E-state index contributed by atoms with van der Waals surface area (Å²) in [5.41, 5.74) is -0.534. The Bertz CT molecular complexity index is 227. The van der Waals surface area contributed by atoms with E-state index in [0.717, 1.165) is 6.54 Å². The van der Waals surface area contributed by atoms with E-state index < -0.39 is 5.54 Å². The topological polar surface area (TPSA) is 50.4 Å². The van der Waals surface area contributed by atoms with Crippen molar-refractivity contribution in [2.75, 3.05) is 19.8 Å². The fraction of sp³-hybridized carbons (Fsp3) is 0.923. The first-order valence-corrected chi connectivity index (χ1v) is 6.48. The Balaban J connectivity index is 4.39. The molecule has 0 aliphatic carbocycles. The number of likely N-dealkylation sites (N-methyl/N-ethyl adjacent to an activating group) is 1. The first kappa shape index (κ1) is 16.4. The van der Waals surface area contributed by atoms with Crippen LogP contribution in [-0.4, -0.2) is 37.2 Å². The van der Waals surface area contributed by atoms with Crippen molar-refractivity contribution in [3.8, 4) is 0 Å². The zero-order valence-electron chi connectivity index (χ0n) is 12.1. The molecule has 0 aromatic carbocycles. The number of ether oxygens (including phenoxy) is 1. The summed E-state index contributed by atoms with van der Waals surface area (Å²) < 4.78 is 5.40. The molecule has 0 bridgehead atoms. The highest BCUT2D eigenvalue weighted by molar-refractivity contribution is 5.85. The first-order chi connectivity index (χ1) is 7.85. The summed E-state index contributed by atoms with van der Waals surface area (Å²) in [5.74, 6) is 0.390. The zero-order valence-corrected chi connectivity index (χ0v) is 12.1. The van der Waals surface area contributed by atoms with Crippen LogP contribution in [0, 0.1) is 5.92 Å². The van der Waals surface area contributed by atoms with Gasteiger partial charge in [0.1, 0.15) is 0 Å². The van der Waals surface area contributed by atoms with Gasteiger partial charge >= 0.3 is 0 Å². The van der Waals surface area contributed by atoms with Crippen LogP contribution in [-0.2, 0) is 9.53 Å². The Morgan fingerprint density at radius 1 is 1.29 bits per heavy atom. The predicted octanol–water partition coefficient (Wildman–Crippen LogP) is 1.55. The molecular weight excluding hydrogens is 216 g/mol. The molecule has 1 unspecified atom stereocenters. The molecule has 17 heavy (non-hydrogen) atoms. The van der Waals surface area contributed by atoms with Crippen molar-refractivity contribution in [2.24, 2.45) is 5.92 Å². The summed E-state index contributed by atoms with van der Waals surface area (Å²) in [6.45, 7) is 13.9. The van der Waals surface area contributed by atoms with E-state index in [1.807, 2.05) is 27.7 Å². The molecular formula is C13H28N2O2. The van der Waals surface area contributed by atoms with Gasteiger partial charge in [-0.25, -0.2) is 0 Å². The number of carbonyl (C=O) groups is 1. The third-order valence-corrected chi connectivity index (χ3v) is 2.81. The smallest absolute Gasteiger partial charge is 0.240 e. The first-order valence-electron chi connectivity index (χ1n) is 6.48. The van der Waals surface area contributed by atoms with E-state index in [-0.39, 0.29) is 11.9 Å². The predicted molar refractivity (Wildman–Crippen MR) is 71.0 cm³/mol. The Morgan fingerprint density at radius 3 is 2.29 bits per heavy atom. The van der Waals surface area contributed by atoms with Crippen LogP contribution in [0.15, 0.2) is 0 Å². The van der Waals surface area contributed by atoms with Crippen LogP contribution in [0.5, 0.6) is 0 Å². The number of rotatable bonds is 8. The molecule has 1 amide bonds. The molecule has 0 heterocycles. The highest BCUT2D eigenvalue weighted by Crippen LogP contribution is 2.07. The van der Waals surface area contributed by atoms with Gasteiger partial charge in [-0.3, -0.25) is 4.79 Å². The van der Waals surface area contributed by atoms with Gasteiger partial charge in [0.25, 0.3) is 0 Å². The lowest BCUT2D eigenvalue weighted by molar-refractivity contribution is -0.128. The summed E-state index contributed by atoms with van der Waals surface area (Å²) in [5, 5.41) is 6.22. The van der Waals surface area contributed by atoms with E-state index in [0.29, 0.717) is 19.1 Å². The summed E-state index contributed by atoms with van der Waals surface area (Å²) in [7, 11) is 0. The van der Waals surface area contributed by atoms with Gasteiger partial charge in [0, 0.05) is 6.61 Å². The Labute approximate surface area is 105 Å². The molecule has 0 radical (unpaired) electrons. The summed E-state index contributed by atoms with van der Waals surface area (Å²) in [6, 6.07) is 0.0698. The fourth-order valence-electron chi connectivity index (χ4n) is 1.52. The second-order valence-electron chi connectivity index (χ2n) is 5.14. The Kier molecular flexibility index (Phi) is 7.39. The molecule has 0 aliphatic rings. The number of amides is 1. The Morgan fingerprint density at radius 2 is 1.88 bits per heavy atom. The Hall–Kier alpha value is -0.610. The fourth-order valence-corrected chi connectivity index (χ4v) is 1.52. The largest absolute Gasteiger partial charge is 0.380 e. The summed E-state index contributed by atoms with van der Waals surface area (Å²) in [4.78, 5) is 12.1. The number of hydrogen-bond donors (Lipinski definition) is 2. The minimum Gasteiger partial charge on any atom is -0.380 e. The molecule has 0 aliphatic heterocycles. The number of carbonyl (C=O) groups excluding carboxylic acids is 1. The SMILES string of the molecule is CCNC(C)(C)C(=O)NC(COCC)C(C)C. The highest BCUT2D eigenvalue weighted by Gasteiger charge is 2.28. The van der Waals surface area contributed by atoms with Gasteiger partial charge in [0.2, 0.25) is 5.91 Å². The van der Waals surface area contributed by atoms with E-state index in [4.69, 9.17) is 4.74 Å². The van der Waals surface area contributed by atoms with Crippen LogP contribution < -0.4 is 10.6 Å². The standard InChI is InChI=1S/C13H28N2O2/c1-7-14-13(5,6)12(16)15-11(10(3)4)9-17-8-2/h10-11,14H,7-9H2,1-6H3,(H,15,16). The normalized spacial score (nSPS) is 13.8. The zero-order chi connectivity index (χ0) is 13.5. The second-order valence-corrected chi connectivity index (χ2v) is 5.14. The van der Waals surface area contributed by atoms with E-state index in [9.17, 15) is 4.79 Å². The van der Waals surface area contributed by atoms with Gasteiger partial charge in [0.15, 0.2) is 0 Å². The van der Waals surface area contributed by atoms with Crippen LogP contribution in [0.2, 0.25) is 0 Å². The van der Waals surface area contributed by atoms with Gasteiger partial charge < -0.3 is 15.4 Å². The third kappa shape index (κ3) is 6.03. The van der Waals surface area contributed by atoms with Gasteiger partial charge in [-0.1, -0.05) is 20.8 Å². The molecule has 102 valence electrons. The summed E-state index contributed by atoms with van der Waals surface area (Å²) >= 11 is 0. The molecule has 0 saturated heterocycles. The number of nitrogens with one attached hydrogen (secondary N) is 2. The van der Waals surface area contributed by atoms with Gasteiger partial charge in [-0.05, 0) is 33.2 Å². The van der Waals surface area contributed by atoms with Gasteiger partial charge in [-0.15, -0.1) is 0 Å². The molecule has 0 saturated carbocycles. The molecule has 2 N–H and O–H groups in total.